The van der Waals surface area contributed by atoms with E-state index in [0.29, 0.717) is 5.96 Å². The molecule has 1 amide bonds. The number of anilines is 1. The first kappa shape index (κ1) is 25.8. The largest absolute Gasteiger partial charge is 0.497 e. The fourth-order valence-electron chi connectivity index (χ4n) is 3.50. The first-order valence-electron chi connectivity index (χ1n) is 10.7. The van der Waals surface area contributed by atoms with Gasteiger partial charge in [0.25, 0.3) is 0 Å². The lowest BCUT2D eigenvalue weighted by Crippen LogP contribution is -2.45. The van der Waals surface area contributed by atoms with Crippen LogP contribution < -0.4 is 20.3 Å². The Kier molecular flexibility index (Phi) is 10.6. The average Bonchev–Trinajstić information content (AvgIpc) is 3.26. The molecule has 174 valence electrons. The maximum atomic E-state index is 12.0. The minimum absolute atomic E-state index is 0. The number of aliphatic imine (C=N–C) groups is 1. The molecule has 0 aromatic heterocycles. The van der Waals surface area contributed by atoms with Crippen LogP contribution in [0.2, 0.25) is 0 Å². The number of nitrogens with zero attached hydrogens (tertiary/aromatic N) is 3. The Morgan fingerprint density at radius 1 is 1.16 bits per heavy atom. The van der Waals surface area contributed by atoms with Crippen LogP contribution in [0.15, 0.2) is 59.6 Å². The number of hydrogen-bond acceptors (Lipinski definition) is 4. The summed E-state index contributed by atoms with van der Waals surface area (Å²) in [7, 11) is 5.16. The second-order valence-corrected chi connectivity index (χ2v) is 7.89. The molecule has 0 radical (unpaired) electrons. The van der Waals surface area contributed by atoms with Gasteiger partial charge in [0.15, 0.2) is 5.96 Å². The van der Waals surface area contributed by atoms with Crippen molar-refractivity contribution < 1.29 is 9.53 Å². The monoisotopic (exact) mass is 551 g/mol. The van der Waals surface area contributed by atoms with E-state index in [1.165, 1.54) is 11.3 Å². The number of rotatable bonds is 8. The van der Waals surface area contributed by atoms with E-state index in [1.54, 1.807) is 26.1 Å². The molecular weight excluding hydrogens is 517 g/mol. The summed E-state index contributed by atoms with van der Waals surface area (Å²) >= 11 is 0. The molecule has 0 saturated carbocycles. The van der Waals surface area contributed by atoms with E-state index in [1.807, 2.05) is 18.2 Å². The second-order valence-electron chi connectivity index (χ2n) is 7.89. The van der Waals surface area contributed by atoms with Crippen molar-refractivity contribution in [1.82, 2.24) is 15.5 Å². The normalized spacial score (nSPS) is 15.7. The lowest BCUT2D eigenvalue weighted by molar-refractivity contribution is -0.127. The highest BCUT2D eigenvalue weighted by Gasteiger charge is 2.23. The lowest BCUT2D eigenvalue weighted by atomic mass is 10.1. The zero-order valence-corrected chi connectivity index (χ0v) is 21.4. The summed E-state index contributed by atoms with van der Waals surface area (Å²) in [5.74, 6) is 1.52. The number of amides is 1. The van der Waals surface area contributed by atoms with Crippen LogP contribution >= 0.6 is 24.0 Å². The van der Waals surface area contributed by atoms with Gasteiger partial charge in [-0.3, -0.25) is 4.79 Å². The van der Waals surface area contributed by atoms with Gasteiger partial charge in [0.05, 0.1) is 7.11 Å². The molecule has 1 heterocycles. The molecule has 1 aliphatic heterocycles. The molecule has 1 unspecified atom stereocenters. The Morgan fingerprint density at radius 3 is 2.53 bits per heavy atom. The Hall–Kier alpha value is -2.49. The molecule has 3 rings (SSSR count). The number of guanidine groups is 1. The maximum Gasteiger partial charge on any atom is 0.243 e. The summed E-state index contributed by atoms with van der Waals surface area (Å²) in [5, 5.41) is 6.91. The molecule has 7 nitrogen and oxygen atoms in total. The first-order chi connectivity index (χ1) is 15.0. The summed E-state index contributed by atoms with van der Waals surface area (Å²) in [5.41, 5.74) is 2.45. The summed E-state index contributed by atoms with van der Waals surface area (Å²) in [4.78, 5) is 20.5. The number of carbonyl (C=O) groups excluding carboxylic acids is 1. The summed E-state index contributed by atoms with van der Waals surface area (Å²) in [6.45, 7) is 2.76. The van der Waals surface area contributed by atoms with E-state index >= 15 is 0 Å². The molecule has 0 spiro atoms. The number of methoxy groups -OCH3 is 1. The number of nitrogens with one attached hydrogen (secondary N) is 2. The quantitative estimate of drug-likeness (QED) is 0.300. The number of para-hydroxylation sites is 1. The molecular formula is C24H34IN5O2. The predicted molar refractivity (Wildman–Crippen MR) is 141 cm³/mol. The van der Waals surface area contributed by atoms with Crippen molar-refractivity contribution in [3.8, 4) is 5.75 Å². The zero-order chi connectivity index (χ0) is 22.1. The maximum absolute atomic E-state index is 12.0. The number of ether oxygens (including phenoxy) is 1. The Labute approximate surface area is 208 Å². The molecule has 0 bridgehead atoms. The van der Waals surface area contributed by atoms with Crippen LogP contribution in [0, 0.1) is 0 Å². The van der Waals surface area contributed by atoms with Crippen molar-refractivity contribution in [2.24, 2.45) is 4.99 Å². The van der Waals surface area contributed by atoms with Gasteiger partial charge in [0.1, 0.15) is 12.3 Å². The fourth-order valence-corrected chi connectivity index (χ4v) is 3.50. The minimum atomic E-state index is -0.0198. The highest BCUT2D eigenvalue weighted by atomic mass is 127. The van der Waals surface area contributed by atoms with Gasteiger partial charge in [-0.15, -0.1) is 24.0 Å². The third-order valence-electron chi connectivity index (χ3n) is 5.39. The van der Waals surface area contributed by atoms with E-state index in [0.717, 1.165) is 38.2 Å². The van der Waals surface area contributed by atoms with Crippen LogP contribution in [0.4, 0.5) is 5.69 Å². The number of likely N-dealkylation sites (N-methyl/N-ethyl adjacent to an activating group) is 1. The minimum Gasteiger partial charge on any atom is -0.497 e. The summed E-state index contributed by atoms with van der Waals surface area (Å²) < 4.78 is 5.22. The zero-order valence-electron chi connectivity index (χ0n) is 19.1. The smallest absolute Gasteiger partial charge is 0.243 e. The molecule has 2 N–H and O–H groups in total. The lowest BCUT2D eigenvalue weighted by Gasteiger charge is -2.21. The van der Waals surface area contributed by atoms with Crippen molar-refractivity contribution in [2.45, 2.75) is 18.9 Å². The highest BCUT2D eigenvalue weighted by molar-refractivity contribution is 14.0. The van der Waals surface area contributed by atoms with Gasteiger partial charge >= 0.3 is 0 Å². The predicted octanol–water partition coefficient (Wildman–Crippen LogP) is 2.76. The summed E-state index contributed by atoms with van der Waals surface area (Å²) in [6.07, 6.45) is 1.88. The van der Waals surface area contributed by atoms with E-state index in [4.69, 9.17) is 4.74 Å². The van der Waals surface area contributed by atoms with Crippen LogP contribution in [0.3, 0.4) is 0 Å². The van der Waals surface area contributed by atoms with Gasteiger partial charge in [-0.1, -0.05) is 30.3 Å². The first-order valence-corrected chi connectivity index (χ1v) is 10.7. The average molecular weight is 551 g/mol. The van der Waals surface area contributed by atoms with Crippen molar-refractivity contribution in [3.63, 3.8) is 0 Å². The molecule has 2 aromatic carbocycles. The van der Waals surface area contributed by atoms with Crippen molar-refractivity contribution in [1.29, 1.82) is 0 Å². The van der Waals surface area contributed by atoms with Gasteiger partial charge in [0.2, 0.25) is 5.91 Å². The van der Waals surface area contributed by atoms with Crippen LogP contribution in [0.25, 0.3) is 0 Å². The van der Waals surface area contributed by atoms with Gasteiger partial charge in [-0.25, -0.2) is 4.99 Å². The van der Waals surface area contributed by atoms with Crippen molar-refractivity contribution >= 4 is 41.5 Å². The Morgan fingerprint density at radius 2 is 1.88 bits per heavy atom. The highest BCUT2D eigenvalue weighted by Crippen LogP contribution is 2.19. The molecule has 1 saturated heterocycles. The van der Waals surface area contributed by atoms with E-state index in [9.17, 15) is 4.79 Å². The number of carbonyl (C=O) groups is 1. The number of hydrogen-bond donors (Lipinski definition) is 2. The third-order valence-corrected chi connectivity index (χ3v) is 5.39. The van der Waals surface area contributed by atoms with Gasteiger partial charge in [-0.2, -0.15) is 0 Å². The molecule has 1 aliphatic rings. The molecule has 32 heavy (non-hydrogen) atoms. The number of halogens is 1. The van der Waals surface area contributed by atoms with Gasteiger partial charge in [0, 0.05) is 45.5 Å². The number of benzene rings is 2. The molecule has 0 aliphatic carbocycles. The molecule has 8 heteroatoms. The topological polar surface area (TPSA) is 69.2 Å². The van der Waals surface area contributed by atoms with Crippen molar-refractivity contribution in [3.05, 3.63) is 60.2 Å². The van der Waals surface area contributed by atoms with E-state index in [-0.39, 0.29) is 42.5 Å². The standard InChI is InChI=1S/C24H33N5O2.HI/c1-28(2)23(30)17-26-24(25-15-13-19-9-11-22(31-3)12-10-19)27-20-14-16-29(18-20)21-7-5-4-6-8-21;/h4-12,20H,13-18H2,1-3H3,(H2,25,26,27);1H. The molecule has 2 aromatic rings. The van der Waals surface area contributed by atoms with Crippen LogP contribution in [0.5, 0.6) is 5.75 Å². The SMILES string of the molecule is COc1ccc(CCNC(=NCC(=O)N(C)C)NC2CCN(c3ccccc3)C2)cc1.I. The fraction of sp³-hybridized carbons (Fsp3) is 0.417. The third kappa shape index (κ3) is 7.89. The van der Waals surface area contributed by atoms with Gasteiger partial charge in [-0.05, 0) is 42.7 Å². The van der Waals surface area contributed by atoms with Crippen LogP contribution in [-0.4, -0.2) is 70.2 Å². The van der Waals surface area contributed by atoms with Gasteiger partial charge < -0.3 is 25.2 Å². The molecule has 1 atom stereocenters. The van der Waals surface area contributed by atoms with Crippen LogP contribution in [0.1, 0.15) is 12.0 Å². The summed E-state index contributed by atoms with van der Waals surface area (Å²) in [6, 6.07) is 18.8. The Bertz CT molecular complexity index is 858. The second kappa shape index (κ2) is 13.1. The molecule has 1 fully saturated rings. The van der Waals surface area contributed by atoms with Crippen molar-refractivity contribution in [2.75, 3.05) is 52.3 Å². The van der Waals surface area contributed by atoms with E-state index < -0.39 is 0 Å². The van der Waals surface area contributed by atoms with E-state index in [2.05, 4.69) is 56.9 Å². The Balaban J connectivity index is 0.00000363. The van der Waals surface area contributed by atoms with Crippen LogP contribution in [-0.2, 0) is 11.2 Å².